The molecular weight excluding hydrogens is 430 g/mol. The third-order valence-corrected chi connectivity index (χ3v) is 4.37. The molecule has 2 heterocycles. The largest absolute Gasteiger partial charge is 0.467 e. The molecule has 0 fully saturated rings. The lowest BCUT2D eigenvalue weighted by atomic mass is 10.1. The van der Waals surface area contributed by atoms with Gasteiger partial charge in [-0.3, -0.25) is 14.9 Å². The quantitative estimate of drug-likeness (QED) is 0.261. The van der Waals surface area contributed by atoms with Gasteiger partial charge < -0.3 is 14.2 Å². The molecule has 0 unspecified atom stereocenters. The fourth-order valence-corrected chi connectivity index (χ4v) is 2.92. The van der Waals surface area contributed by atoms with Gasteiger partial charge in [0, 0.05) is 28.2 Å². The van der Waals surface area contributed by atoms with Crippen molar-refractivity contribution in [1.29, 1.82) is 5.26 Å². The van der Waals surface area contributed by atoms with Gasteiger partial charge in [-0.25, -0.2) is 0 Å². The van der Waals surface area contributed by atoms with Crippen LogP contribution in [0.5, 0.6) is 0 Å². The Hall–Kier alpha value is -3.64. The number of carbonyl (C=O) groups excluding carboxylic acids is 1. The highest BCUT2D eigenvalue weighted by molar-refractivity contribution is 9.10. The van der Waals surface area contributed by atoms with Crippen LogP contribution in [-0.2, 0) is 11.3 Å². The monoisotopic (exact) mass is 441 g/mol. The number of nitrogens with one attached hydrogen (secondary N) is 1. The maximum absolute atomic E-state index is 12.1. The summed E-state index contributed by atoms with van der Waals surface area (Å²) in [7, 11) is 0. The Labute approximate surface area is 167 Å². The number of nitriles is 1. The highest BCUT2D eigenvalue weighted by atomic mass is 79.9. The van der Waals surface area contributed by atoms with Crippen molar-refractivity contribution in [1.82, 2.24) is 5.32 Å². The zero-order valence-corrected chi connectivity index (χ0v) is 15.8. The molecule has 0 aliphatic carbocycles. The molecule has 1 aromatic carbocycles. The lowest BCUT2D eigenvalue weighted by Crippen LogP contribution is -2.23. The molecule has 0 saturated heterocycles. The van der Waals surface area contributed by atoms with Gasteiger partial charge in [0.25, 0.3) is 11.6 Å². The Kier molecular flexibility index (Phi) is 5.72. The molecule has 0 bridgehead atoms. The second-order valence-corrected chi connectivity index (χ2v) is 6.41. The van der Waals surface area contributed by atoms with Crippen LogP contribution >= 0.6 is 15.9 Å². The van der Waals surface area contributed by atoms with Crippen LogP contribution < -0.4 is 5.32 Å². The van der Waals surface area contributed by atoms with E-state index in [1.165, 1.54) is 24.5 Å². The zero-order valence-electron chi connectivity index (χ0n) is 14.2. The van der Waals surface area contributed by atoms with Crippen molar-refractivity contribution in [3.8, 4) is 17.4 Å². The first-order valence-electron chi connectivity index (χ1n) is 7.94. The van der Waals surface area contributed by atoms with Gasteiger partial charge in [-0.2, -0.15) is 5.26 Å². The van der Waals surface area contributed by atoms with Crippen LogP contribution in [0.2, 0.25) is 0 Å². The molecule has 0 aliphatic rings. The van der Waals surface area contributed by atoms with Crippen molar-refractivity contribution < 1.29 is 18.6 Å². The number of rotatable bonds is 6. The van der Waals surface area contributed by atoms with Crippen molar-refractivity contribution >= 4 is 33.6 Å². The van der Waals surface area contributed by atoms with Gasteiger partial charge in [0.2, 0.25) is 0 Å². The Bertz CT molecular complexity index is 1090. The lowest BCUT2D eigenvalue weighted by molar-refractivity contribution is -0.384. The van der Waals surface area contributed by atoms with Crippen LogP contribution in [0.4, 0.5) is 5.69 Å². The first-order valence-corrected chi connectivity index (χ1v) is 8.74. The van der Waals surface area contributed by atoms with Gasteiger partial charge in [-0.05, 0) is 46.3 Å². The van der Waals surface area contributed by atoms with E-state index < -0.39 is 10.8 Å². The number of nitrogens with zero attached hydrogens (tertiary/aromatic N) is 2. The molecule has 28 heavy (non-hydrogen) atoms. The van der Waals surface area contributed by atoms with Crippen molar-refractivity contribution in [2.75, 3.05) is 0 Å². The Morgan fingerprint density at radius 3 is 2.79 bits per heavy atom. The third kappa shape index (κ3) is 4.36. The Balaban J connectivity index is 1.77. The summed E-state index contributed by atoms with van der Waals surface area (Å²) in [5.41, 5.74) is 0.420. The van der Waals surface area contributed by atoms with E-state index in [4.69, 9.17) is 8.83 Å². The molecule has 1 N–H and O–H groups in total. The molecule has 8 nitrogen and oxygen atoms in total. The normalized spacial score (nSPS) is 11.1. The standard InChI is InChI=1S/C19H12BrN3O5/c20-17-9-13(23(25)26)3-5-16(17)18-6-4-14(28-18)8-12(10-21)19(24)22-11-15-2-1-7-27-15/h1-9H,11H2,(H,22,24). The van der Waals surface area contributed by atoms with Gasteiger partial charge >= 0.3 is 0 Å². The summed E-state index contributed by atoms with van der Waals surface area (Å²) in [6, 6.07) is 12.8. The summed E-state index contributed by atoms with van der Waals surface area (Å²) >= 11 is 3.28. The van der Waals surface area contributed by atoms with Crippen molar-refractivity contribution in [2.45, 2.75) is 6.54 Å². The van der Waals surface area contributed by atoms with Gasteiger partial charge in [-0.1, -0.05) is 0 Å². The summed E-state index contributed by atoms with van der Waals surface area (Å²) in [6.07, 6.45) is 2.81. The number of amides is 1. The number of furan rings is 2. The third-order valence-electron chi connectivity index (χ3n) is 3.71. The molecule has 0 aliphatic heterocycles. The summed E-state index contributed by atoms with van der Waals surface area (Å²) in [5, 5.41) is 22.7. The maximum atomic E-state index is 12.1. The lowest BCUT2D eigenvalue weighted by Gasteiger charge is -2.02. The second-order valence-electron chi connectivity index (χ2n) is 5.56. The highest BCUT2D eigenvalue weighted by Gasteiger charge is 2.14. The minimum Gasteiger partial charge on any atom is -0.467 e. The van der Waals surface area contributed by atoms with E-state index >= 15 is 0 Å². The van der Waals surface area contributed by atoms with E-state index in [-0.39, 0.29) is 17.8 Å². The molecule has 0 spiro atoms. The minimum atomic E-state index is -0.562. The molecule has 2 aromatic heterocycles. The van der Waals surface area contributed by atoms with Crippen molar-refractivity contribution in [3.63, 3.8) is 0 Å². The Morgan fingerprint density at radius 2 is 2.14 bits per heavy atom. The number of hydrogen-bond acceptors (Lipinski definition) is 6. The van der Waals surface area contributed by atoms with Gasteiger partial charge in [0.05, 0.1) is 17.7 Å². The van der Waals surface area contributed by atoms with Gasteiger partial charge in [0.15, 0.2) is 0 Å². The van der Waals surface area contributed by atoms with Crippen LogP contribution in [0.15, 0.2) is 67.6 Å². The summed E-state index contributed by atoms with van der Waals surface area (Å²) < 4.78 is 11.3. The second kappa shape index (κ2) is 8.37. The average Bonchev–Trinajstić information content (AvgIpc) is 3.36. The van der Waals surface area contributed by atoms with Gasteiger partial charge in [0.1, 0.15) is 28.9 Å². The van der Waals surface area contributed by atoms with Gasteiger partial charge in [-0.15, -0.1) is 0 Å². The van der Waals surface area contributed by atoms with Crippen LogP contribution in [0.3, 0.4) is 0 Å². The SMILES string of the molecule is N#CC(=Cc1ccc(-c2ccc([N+](=O)[O-])cc2Br)o1)C(=O)NCc1ccco1. The Morgan fingerprint density at radius 1 is 1.32 bits per heavy atom. The summed E-state index contributed by atoms with van der Waals surface area (Å²) in [4.78, 5) is 22.5. The number of non-ortho nitro benzene ring substituents is 1. The van der Waals surface area contributed by atoms with E-state index in [9.17, 15) is 20.2 Å². The van der Waals surface area contributed by atoms with Crippen molar-refractivity contribution in [3.05, 3.63) is 80.4 Å². The molecule has 0 atom stereocenters. The number of nitro benzene ring substituents is 1. The smallest absolute Gasteiger partial charge is 0.270 e. The molecule has 140 valence electrons. The molecule has 0 saturated carbocycles. The molecule has 3 aromatic rings. The number of halogens is 1. The molecule has 0 radical (unpaired) electrons. The fraction of sp³-hybridized carbons (Fsp3) is 0.0526. The predicted octanol–water partition coefficient (Wildman–Crippen LogP) is 4.43. The average molecular weight is 442 g/mol. The molecule has 9 heteroatoms. The number of hydrogen-bond donors (Lipinski definition) is 1. The van der Waals surface area contributed by atoms with E-state index in [1.54, 1.807) is 30.3 Å². The predicted molar refractivity (Wildman–Crippen MR) is 103 cm³/mol. The summed E-state index contributed by atoms with van der Waals surface area (Å²) in [5.74, 6) is 0.730. The fourth-order valence-electron chi connectivity index (χ4n) is 2.36. The number of carbonyl (C=O) groups is 1. The summed E-state index contributed by atoms with van der Waals surface area (Å²) in [6.45, 7) is 0.157. The van der Waals surface area contributed by atoms with Crippen LogP contribution in [0, 0.1) is 21.4 Å². The molecular formula is C19H12BrN3O5. The van der Waals surface area contributed by atoms with Crippen LogP contribution in [-0.4, -0.2) is 10.8 Å². The van der Waals surface area contributed by atoms with E-state index in [1.807, 2.05) is 6.07 Å². The number of benzene rings is 1. The van der Waals surface area contributed by atoms with E-state index in [0.29, 0.717) is 27.3 Å². The van der Waals surface area contributed by atoms with E-state index in [0.717, 1.165) is 0 Å². The van der Waals surface area contributed by atoms with E-state index in [2.05, 4.69) is 21.2 Å². The molecule has 3 rings (SSSR count). The number of nitro groups is 1. The minimum absolute atomic E-state index is 0.0534. The topological polar surface area (TPSA) is 122 Å². The van der Waals surface area contributed by atoms with Crippen LogP contribution in [0.1, 0.15) is 11.5 Å². The maximum Gasteiger partial charge on any atom is 0.270 e. The first-order chi connectivity index (χ1) is 13.5. The molecule has 1 amide bonds. The highest BCUT2D eigenvalue weighted by Crippen LogP contribution is 2.32. The van der Waals surface area contributed by atoms with Crippen LogP contribution in [0.25, 0.3) is 17.4 Å². The van der Waals surface area contributed by atoms with Crippen molar-refractivity contribution in [2.24, 2.45) is 0 Å². The first kappa shape index (κ1) is 19.1. The zero-order chi connectivity index (χ0) is 20.1.